The Morgan fingerprint density at radius 2 is 1.78 bits per heavy atom. The van der Waals surface area contributed by atoms with Gasteiger partial charge in [-0.3, -0.25) is 0 Å². The van der Waals surface area contributed by atoms with Crippen LogP contribution in [0, 0.1) is 5.82 Å². The number of nitrogens with two attached hydrogens (primary N) is 1. The summed E-state index contributed by atoms with van der Waals surface area (Å²) < 4.78 is 14.8. The Hall–Kier alpha value is -0.710. The first-order valence-electron chi connectivity index (χ1n) is 5.52. The Kier molecular flexibility index (Phi) is 4.54. The van der Waals surface area contributed by atoms with Crippen molar-refractivity contribution in [2.24, 2.45) is 5.73 Å². The van der Waals surface area contributed by atoms with Crippen LogP contribution in [0.5, 0.6) is 0 Å². The van der Waals surface area contributed by atoms with Gasteiger partial charge in [0.1, 0.15) is 5.82 Å². The van der Waals surface area contributed by atoms with Gasteiger partial charge in [-0.1, -0.05) is 56.1 Å². The number of benzene rings is 2. The minimum Gasteiger partial charge on any atom is -0.324 e. The molecule has 4 heteroatoms. The molecule has 2 aromatic rings. The van der Waals surface area contributed by atoms with E-state index in [9.17, 15) is 4.39 Å². The standard InChI is InChI=1S/C14H12Br2FN/c15-12-4-2-1-3-11(12)14(18)7-9-5-6-10(17)8-13(9)16/h1-6,8,14H,7,18H2. The molecule has 18 heavy (non-hydrogen) atoms. The number of hydrogen-bond donors (Lipinski definition) is 1. The Balaban J connectivity index is 2.21. The van der Waals surface area contributed by atoms with Gasteiger partial charge in [-0.05, 0) is 35.7 Å². The summed E-state index contributed by atoms with van der Waals surface area (Å²) in [5, 5.41) is 0. The summed E-state index contributed by atoms with van der Waals surface area (Å²) in [5.74, 6) is -0.250. The molecular formula is C14H12Br2FN. The average Bonchev–Trinajstić information content (AvgIpc) is 2.33. The molecule has 2 N–H and O–H groups in total. The third kappa shape index (κ3) is 3.19. The van der Waals surface area contributed by atoms with E-state index in [-0.39, 0.29) is 11.9 Å². The molecular weight excluding hydrogens is 361 g/mol. The van der Waals surface area contributed by atoms with Gasteiger partial charge < -0.3 is 5.73 Å². The number of rotatable bonds is 3. The lowest BCUT2D eigenvalue weighted by Gasteiger charge is -2.15. The molecule has 0 amide bonds. The van der Waals surface area contributed by atoms with Crippen molar-refractivity contribution >= 4 is 31.9 Å². The molecule has 2 aromatic carbocycles. The van der Waals surface area contributed by atoms with Gasteiger partial charge in [0.05, 0.1) is 0 Å². The molecule has 0 bridgehead atoms. The molecule has 0 spiro atoms. The highest BCUT2D eigenvalue weighted by atomic mass is 79.9. The molecule has 0 aliphatic carbocycles. The zero-order valence-electron chi connectivity index (χ0n) is 9.54. The van der Waals surface area contributed by atoms with Crippen LogP contribution in [0.4, 0.5) is 4.39 Å². The second-order valence-electron chi connectivity index (χ2n) is 4.07. The first-order valence-corrected chi connectivity index (χ1v) is 7.10. The maximum atomic E-state index is 13.0. The van der Waals surface area contributed by atoms with Crippen molar-refractivity contribution in [2.45, 2.75) is 12.5 Å². The van der Waals surface area contributed by atoms with Crippen LogP contribution in [0.2, 0.25) is 0 Å². The third-order valence-corrected chi connectivity index (χ3v) is 4.22. The fourth-order valence-electron chi connectivity index (χ4n) is 1.81. The minimum atomic E-state index is -0.250. The molecule has 0 fully saturated rings. The first-order chi connectivity index (χ1) is 8.58. The van der Waals surface area contributed by atoms with Crippen molar-refractivity contribution in [3.8, 4) is 0 Å². The molecule has 0 heterocycles. The molecule has 0 aliphatic heterocycles. The largest absolute Gasteiger partial charge is 0.324 e. The van der Waals surface area contributed by atoms with E-state index in [1.165, 1.54) is 12.1 Å². The smallest absolute Gasteiger partial charge is 0.124 e. The summed E-state index contributed by atoms with van der Waals surface area (Å²) in [6.07, 6.45) is 0.656. The van der Waals surface area contributed by atoms with Crippen LogP contribution < -0.4 is 5.73 Å². The summed E-state index contributed by atoms with van der Waals surface area (Å²) in [7, 11) is 0. The van der Waals surface area contributed by atoms with E-state index in [2.05, 4.69) is 31.9 Å². The summed E-state index contributed by atoms with van der Waals surface area (Å²) in [4.78, 5) is 0. The fourth-order valence-corrected chi connectivity index (χ4v) is 2.90. The highest BCUT2D eigenvalue weighted by Crippen LogP contribution is 2.27. The van der Waals surface area contributed by atoms with Gasteiger partial charge >= 0.3 is 0 Å². The van der Waals surface area contributed by atoms with E-state index in [0.29, 0.717) is 6.42 Å². The van der Waals surface area contributed by atoms with E-state index in [1.54, 1.807) is 6.07 Å². The van der Waals surface area contributed by atoms with E-state index in [4.69, 9.17) is 5.73 Å². The van der Waals surface area contributed by atoms with Gasteiger partial charge in [0.15, 0.2) is 0 Å². The van der Waals surface area contributed by atoms with E-state index in [1.807, 2.05) is 24.3 Å². The Labute approximate surface area is 122 Å². The van der Waals surface area contributed by atoms with Crippen LogP contribution in [-0.4, -0.2) is 0 Å². The highest BCUT2D eigenvalue weighted by molar-refractivity contribution is 9.10. The van der Waals surface area contributed by atoms with Crippen molar-refractivity contribution in [3.05, 3.63) is 68.4 Å². The Bertz CT molecular complexity index is 557. The summed E-state index contributed by atoms with van der Waals surface area (Å²) in [6.45, 7) is 0. The minimum absolute atomic E-state index is 0.123. The maximum Gasteiger partial charge on any atom is 0.124 e. The molecule has 0 saturated carbocycles. The van der Waals surface area contributed by atoms with Crippen molar-refractivity contribution in [2.75, 3.05) is 0 Å². The first kappa shape index (κ1) is 13.7. The van der Waals surface area contributed by atoms with Gasteiger partial charge in [-0.15, -0.1) is 0 Å². The third-order valence-electron chi connectivity index (χ3n) is 2.76. The van der Waals surface area contributed by atoms with Crippen molar-refractivity contribution in [3.63, 3.8) is 0 Å². The second kappa shape index (κ2) is 5.95. The number of hydrogen-bond acceptors (Lipinski definition) is 1. The molecule has 0 aliphatic rings. The summed E-state index contributed by atoms with van der Waals surface area (Å²) in [5.41, 5.74) is 8.24. The second-order valence-corrected chi connectivity index (χ2v) is 5.78. The SMILES string of the molecule is NC(Cc1ccc(F)cc1Br)c1ccccc1Br. The quantitative estimate of drug-likeness (QED) is 0.837. The molecule has 2 rings (SSSR count). The lowest BCUT2D eigenvalue weighted by Crippen LogP contribution is -2.14. The van der Waals surface area contributed by atoms with Crippen molar-refractivity contribution in [1.29, 1.82) is 0 Å². The Morgan fingerprint density at radius 3 is 2.44 bits per heavy atom. The molecule has 1 nitrogen and oxygen atoms in total. The fraction of sp³-hybridized carbons (Fsp3) is 0.143. The predicted octanol–water partition coefficient (Wildman–Crippen LogP) is 4.59. The lowest BCUT2D eigenvalue weighted by molar-refractivity contribution is 0.624. The monoisotopic (exact) mass is 371 g/mol. The predicted molar refractivity (Wildman–Crippen MR) is 78.9 cm³/mol. The molecule has 94 valence electrons. The van der Waals surface area contributed by atoms with Crippen LogP contribution in [0.15, 0.2) is 51.4 Å². The number of halogens is 3. The highest BCUT2D eigenvalue weighted by Gasteiger charge is 2.12. The lowest BCUT2D eigenvalue weighted by atomic mass is 10.00. The molecule has 0 radical (unpaired) electrons. The van der Waals surface area contributed by atoms with Crippen LogP contribution in [0.1, 0.15) is 17.2 Å². The van der Waals surface area contributed by atoms with Crippen LogP contribution >= 0.6 is 31.9 Å². The summed E-state index contributed by atoms with van der Waals surface area (Å²) in [6, 6.07) is 12.4. The molecule has 1 atom stereocenters. The van der Waals surface area contributed by atoms with Gasteiger partial charge in [0.2, 0.25) is 0 Å². The van der Waals surface area contributed by atoms with Gasteiger partial charge in [-0.2, -0.15) is 0 Å². The van der Waals surface area contributed by atoms with E-state index >= 15 is 0 Å². The molecule has 1 unspecified atom stereocenters. The topological polar surface area (TPSA) is 26.0 Å². The van der Waals surface area contributed by atoms with Crippen LogP contribution in [0.25, 0.3) is 0 Å². The van der Waals surface area contributed by atoms with Crippen LogP contribution in [0.3, 0.4) is 0 Å². The van der Waals surface area contributed by atoms with Crippen molar-refractivity contribution < 1.29 is 4.39 Å². The van der Waals surface area contributed by atoms with Gasteiger partial charge in [0, 0.05) is 15.0 Å². The van der Waals surface area contributed by atoms with Gasteiger partial charge in [0.25, 0.3) is 0 Å². The zero-order valence-corrected chi connectivity index (χ0v) is 12.7. The maximum absolute atomic E-state index is 13.0. The summed E-state index contributed by atoms with van der Waals surface area (Å²) >= 11 is 6.85. The molecule has 0 aromatic heterocycles. The Morgan fingerprint density at radius 1 is 1.06 bits per heavy atom. The van der Waals surface area contributed by atoms with Crippen molar-refractivity contribution in [1.82, 2.24) is 0 Å². The average molecular weight is 373 g/mol. The normalized spacial score (nSPS) is 12.4. The van der Waals surface area contributed by atoms with Crippen LogP contribution in [-0.2, 0) is 6.42 Å². The van der Waals surface area contributed by atoms with E-state index in [0.717, 1.165) is 20.1 Å². The zero-order chi connectivity index (χ0) is 13.1. The molecule has 0 saturated heterocycles. The van der Waals surface area contributed by atoms with Gasteiger partial charge in [-0.25, -0.2) is 4.39 Å². The van der Waals surface area contributed by atoms with E-state index < -0.39 is 0 Å².